The maximum Gasteiger partial charge on any atom is 0.0445 e. The summed E-state index contributed by atoms with van der Waals surface area (Å²) < 4.78 is 0. The summed E-state index contributed by atoms with van der Waals surface area (Å²) in [6.07, 6.45) is 2.01. The highest BCUT2D eigenvalue weighted by Gasteiger charge is 2.25. The number of rotatable bonds is 5. The average Bonchev–Trinajstić information content (AvgIpc) is 2.34. The zero-order chi connectivity index (χ0) is 15.5. The maximum atomic E-state index is 4.45. The van der Waals surface area contributed by atoms with Gasteiger partial charge in [0.2, 0.25) is 0 Å². The molecule has 0 fully saturated rings. The third-order valence-corrected chi connectivity index (χ3v) is 4.01. The Hall–Kier alpha value is -1.09. The van der Waals surface area contributed by atoms with Gasteiger partial charge in [-0.1, -0.05) is 34.6 Å². The topological polar surface area (TPSA) is 28.2 Å². The van der Waals surface area contributed by atoms with E-state index < -0.39 is 0 Å². The minimum Gasteiger partial charge on any atom is -0.371 e. The van der Waals surface area contributed by atoms with Gasteiger partial charge < -0.3 is 10.2 Å². The molecule has 0 radical (unpaired) electrons. The molecular weight excluding hydrogens is 246 g/mol. The molecule has 0 saturated carbocycles. The van der Waals surface area contributed by atoms with Crippen LogP contribution in [0.1, 0.15) is 52.8 Å². The highest BCUT2D eigenvalue weighted by molar-refractivity contribution is 5.54. The zero-order valence-corrected chi connectivity index (χ0v) is 14.4. The first-order valence-corrected chi connectivity index (χ1v) is 7.54. The Kier molecular flexibility index (Phi) is 5.58. The van der Waals surface area contributed by atoms with E-state index in [1.54, 1.807) is 0 Å². The van der Waals surface area contributed by atoms with Crippen LogP contribution in [0.3, 0.4) is 0 Å². The third-order valence-electron chi connectivity index (χ3n) is 4.01. The van der Waals surface area contributed by atoms with Gasteiger partial charge in [0.15, 0.2) is 0 Å². The first kappa shape index (κ1) is 17.0. The Morgan fingerprint density at radius 1 is 1.25 bits per heavy atom. The Bertz CT molecular complexity index is 432. The molecule has 1 atom stereocenters. The fourth-order valence-corrected chi connectivity index (χ4v) is 2.14. The lowest BCUT2D eigenvalue weighted by molar-refractivity contribution is 0.329. The highest BCUT2D eigenvalue weighted by Crippen LogP contribution is 2.29. The van der Waals surface area contributed by atoms with Gasteiger partial charge in [-0.3, -0.25) is 4.98 Å². The van der Waals surface area contributed by atoms with Crippen molar-refractivity contribution in [1.29, 1.82) is 0 Å². The minimum absolute atomic E-state index is 0.245. The summed E-state index contributed by atoms with van der Waals surface area (Å²) in [5.74, 6) is 0. The molecule has 1 unspecified atom stereocenters. The smallest absolute Gasteiger partial charge is 0.0445 e. The Morgan fingerprint density at radius 3 is 2.35 bits per heavy atom. The third kappa shape index (κ3) is 4.48. The van der Waals surface area contributed by atoms with Crippen molar-refractivity contribution in [3.63, 3.8) is 0 Å². The molecule has 0 amide bonds. The molecule has 0 spiro atoms. The van der Waals surface area contributed by atoms with Gasteiger partial charge in [0.1, 0.15) is 0 Å². The lowest BCUT2D eigenvalue weighted by Crippen LogP contribution is -2.40. The number of pyridine rings is 1. The standard InChI is InChI=1S/C17H31N3/c1-12(2)18-10-15-11-19-13(3)9-16(15)20(8)14(4)17(5,6)7/h9,11-12,14,18H,10H2,1-8H3. The second-order valence-electron chi connectivity index (χ2n) is 7.14. The molecule has 0 aliphatic carbocycles. The van der Waals surface area contributed by atoms with Crippen molar-refractivity contribution in [3.05, 3.63) is 23.5 Å². The zero-order valence-electron chi connectivity index (χ0n) is 14.4. The summed E-state index contributed by atoms with van der Waals surface area (Å²) in [7, 11) is 2.18. The van der Waals surface area contributed by atoms with Gasteiger partial charge >= 0.3 is 0 Å². The number of aromatic nitrogens is 1. The molecule has 0 aliphatic heterocycles. The van der Waals surface area contributed by atoms with Gasteiger partial charge in [-0.25, -0.2) is 0 Å². The molecule has 0 aliphatic rings. The van der Waals surface area contributed by atoms with Crippen LogP contribution in [0.25, 0.3) is 0 Å². The van der Waals surface area contributed by atoms with Crippen LogP contribution in [-0.4, -0.2) is 24.1 Å². The second kappa shape index (κ2) is 6.57. The van der Waals surface area contributed by atoms with Crippen LogP contribution in [0.5, 0.6) is 0 Å². The van der Waals surface area contributed by atoms with E-state index >= 15 is 0 Å². The van der Waals surface area contributed by atoms with E-state index in [4.69, 9.17) is 0 Å². The number of nitrogens with one attached hydrogen (secondary N) is 1. The van der Waals surface area contributed by atoms with Gasteiger partial charge in [-0.15, -0.1) is 0 Å². The van der Waals surface area contributed by atoms with Crippen LogP contribution in [0.15, 0.2) is 12.3 Å². The summed E-state index contributed by atoms with van der Waals surface area (Å²) in [4.78, 5) is 6.84. The van der Waals surface area contributed by atoms with E-state index in [0.717, 1.165) is 12.2 Å². The monoisotopic (exact) mass is 277 g/mol. The van der Waals surface area contributed by atoms with Crippen LogP contribution >= 0.6 is 0 Å². The predicted molar refractivity (Wildman–Crippen MR) is 88.3 cm³/mol. The number of aryl methyl sites for hydroxylation is 1. The summed E-state index contributed by atoms with van der Waals surface area (Å²) in [5, 5.41) is 3.49. The van der Waals surface area contributed by atoms with Crippen LogP contribution < -0.4 is 10.2 Å². The largest absolute Gasteiger partial charge is 0.371 e. The van der Waals surface area contributed by atoms with Crippen LogP contribution in [0, 0.1) is 12.3 Å². The summed E-state index contributed by atoms with van der Waals surface area (Å²) in [6, 6.07) is 3.14. The normalized spacial score (nSPS) is 13.7. The van der Waals surface area contributed by atoms with E-state index in [1.165, 1.54) is 11.3 Å². The van der Waals surface area contributed by atoms with Crippen molar-refractivity contribution in [1.82, 2.24) is 10.3 Å². The van der Waals surface area contributed by atoms with Crippen LogP contribution in [0.4, 0.5) is 5.69 Å². The number of hydrogen-bond acceptors (Lipinski definition) is 3. The van der Waals surface area contributed by atoms with E-state index in [2.05, 4.69) is 76.8 Å². The first-order chi connectivity index (χ1) is 9.12. The Balaban J connectivity index is 3.05. The van der Waals surface area contributed by atoms with Crippen molar-refractivity contribution in [2.75, 3.05) is 11.9 Å². The van der Waals surface area contributed by atoms with Crippen molar-refractivity contribution in [3.8, 4) is 0 Å². The van der Waals surface area contributed by atoms with Crippen molar-refractivity contribution < 1.29 is 0 Å². The average molecular weight is 277 g/mol. The van der Waals surface area contributed by atoms with E-state index in [1.807, 2.05) is 6.20 Å². The lowest BCUT2D eigenvalue weighted by atomic mass is 9.86. The molecule has 1 heterocycles. The Morgan fingerprint density at radius 2 is 1.85 bits per heavy atom. The summed E-state index contributed by atoms with van der Waals surface area (Å²) >= 11 is 0. The quantitative estimate of drug-likeness (QED) is 0.888. The van der Waals surface area contributed by atoms with Gasteiger partial charge in [0, 0.05) is 48.8 Å². The molecule has 0 saturated heterocycles. The first-order valence-electron chi connectivity index (χ1n) is 7.54. The molecule has 0 aromatic carbocycles. The predicted octanol–water partition coefficient (Wildman–Crippen LogP) is 3.76. The SMILES string of the molecule is Cc1cc(N(C)C(C)C(C)(C)C)c(CNC(C)C)cn1. The molecule has 1 aromatic rings. The molecule has 1 aromatic heterocycles. The Labute approximate surface area is 124 Å². The van der Waals surface area contributed by atoms with Crippen LogP contribution in [0.2, 0.25) is 0 Å². The molecular formula is C17H31N3. The number of nitrogens with zero attached hydrogens (tertiary/aromatic N) is 2. The van der Waals surface area contributed by atoms with Gasteiger partial charge in [0.05, 0.1) is 0 Å². The molecule has 20 heavy (non-hydrogen) atoms. The fraction of sp³-hybridized carbons (Fsp3) is 0.706. The molecule has 3 nitrogen and oxygen atoms in total. The molecule has 1 rings (SSSR count). The van der Waals surface area contributed by atoms with Gasteiger partial charge in [-0.2, -0.15) is 0 Å². The minimum atomic E-state index is 0.245. The fourth-order valence-electron chi connectivity index (χ4n) is 2.14. The van der Waals surface area contributed by atoms with E-state index in [0.29, 0.717) is 12.1 Å². The summed E-state index contributed by atoms with van der Waals surface area (Å²) in [5.41, 5.74) is 3.87. The van der Waals surface area contributed by atoms with Crippen molar-refractivity contribution in [2.24, 2.45) is 5.41 Å². The molecule has 1 N–H and O–H groups in total. The number of hydrogen-bond donors (Lipinski definition) is 1. The summed E-state index contributed by atoms with van der Waals surface area (Å²) in [6.45, 7) is 16.4. The second-order valence-corrected chi connectivity index (χ2v) is 7.14. The van der Waals surface area contributed by atoms with E-state index in [9.17, 15) is 0 Å². The molecule has 114 valence electrons. The van der Waals surface area contributed by atoms with Crippen LogP contribution in [-0.2, 0) is 6.54 Å². The lowest BCUT2D eigenvalue weighted by Gasteiger charge is -2.38. The molecule has 3 heteroatoms. The van der Waals surface area contributed by atoms with Crippen molar-refractivity contribution in [2.45, 2.75) is 67.1 Å². The van der Waals surface area contributed by atoms with Gasteiger partial charge in [0.25, 0.3) is 0 Å². The number of anilines is 1. The maximum absolute atomic E-state index is 4.45. The molecule has 0 bridgehead atoms. The highest BCUT2D eigenvalue weighted by atomic mass is 15.1. The van der Waals surface area contributed by atoms with E-state index in [-0.39, 0.29) is 5.41 Å². The van der Waals surface area contributed by atoms with Gasteiger partial charge in [-0.05, 0) is 25.3 Å². The van der Waals surface area contributed by atoms with Crippen molar-refractivity contribution >= 4 is 5.69 Å².